The Morgan fingerprint density at radius 1 is 0.939 bits per heavy atom. The van der Waals surface area contributed by atoms with Crippen LogP contribution in [-0.4, -0.2) is 38.2 Å². The van der Waals surface area contributed by atoms with Crippen LogP contribution in [0.1, 0.15) is 10.4 Å². The molecule has 0 saturated carbocycles. The summed E-state index contributed by atoms with van der Waals surface area (Å²) < 4.78 is 5.44. The molecule has 4 aromatic heterocycles. The molecule has 0 spiro atoms. The van der Waals surface area contributed by atoms with Crippen molar-refractivity contribution in [1.82, 2.24) is 25.1 Å². The molecule has 5 rings (SSSR count). The Morgan fingerprint density at radius 2 is 1.76 bits per heavy atom. The van der Waals surface area contributed by atoms with E-state index in [9.17, 15) is 4.79 Å². The van der Waals surface area contributed by atoms with E-state index in [1.807, 2.05) is 36.4 Å². The minimum absolute atomic E-state index is 0.354. The minimum atomic E-state index is -0.357. The molecule has 8 nitrogen and oxygen atoms in total. The molecule has 0 bridgehead atoms. The lowest BCUT2D eigenvalue weighted by Crippen LogP contribution is -2.14. The molecule has 5 aromatic rings. The zero-order valence-corrected chi connectivity index (χ0v) is 18.8. The number of hydrogen-bond acceptors (Lipinski definition) is 8. The Bertz CT molecular complexity index is 1470. The van der Waals surface area contributed by atoms with Gasteiger partial charge in [0.1, 0.15) is 16.1 Å². The van der Waals surface area contributed by atoms with Crippen LogP contribution < -0.4 is 10.1 Å². The summed E-state index contributed by atoms with van der Waals surface area (Å²) in [6, 6.07) is 14.6. The SMILES string of the molecule is COc1ccccc1-c1cnncc1C(=O)Nc1nc2ccc(-c3ccc(Cl)cn3)nc2s1. The number of carbonyl (C=O) groups is 1. The Kier molecular flexibility index (Phi) is 5.64. The van der Waals surface area contributed by atoms with Crippen LogP contribution in [0.2, 0.25) is 5.02 Å². The number of methoxy groups -OCH3 is 1. The average Bonchev–Trinajstić information content (AvgIpc) is 3.26. The number of amides is 1. The molecule has 1 N–H and O–H groups in total. The molecular weight excluding hydrogens is 460 g/mol. The van der Waals surface area contributed by atoms with Crippen LogP contribution >= 0.6 is 22.9 Å². The molecule has 4 heterocycles. The number of anilines is 1. The summed E-state index contributed by atoms with van der Waals surface area (Å²) in [7, 11) is 1.58. The first-order valence-electron chi connectivity index (χ1n) is 9.77. The fourth-order valence-corrected chi connectivity index (χ4v) is 4.23. The fraction of sp³-hybridized carbons (Fsp3) is 0.0435. The summed E-state index contributed by atoms with van der Waals surface area (Å²) in [4.78, 5) is 27.2. The number of ether oxygens (including phenoxy) is 1. The summed E-state index contributed by atoms with van der Waals surface area (Å²) in [5, 5.41) is 11.7. The first-order valence-corrected chi connectivity index (χ1v) is 11.0. The van der Waals surface area contributed by atoms with E-state index in [4.69, 9.17) is 16.3 Å². The number of nitrogens with zero attached hydrogens (tertiary/aromatic N) is 5. The molecule has 0 fully saturated rings. The predicted molar refractivity (Wildman–Crippen MR) is 128 cm³/mol. The van der Waals surface area contributed by atoms with Gasteiger partial charge in [-0.3, -0.25) is 15.1 Å². The molecule has 0 aliphatic carbocycles. The molecule has 0 radical (unpaired) electrons. The van der Waals surface area contributed by atoms with Gasteiger partial charge in [0.2, 0.25) is 0 Å². The number of rotatable bonds is 5. The summed E-state index contributed by atoms with van der Waals surface area (Å²) in [6.45, 7) is 0. The third kappa shape index (κ3) is 4.23. The first-order chi connectivity index (χ1) is 16.1. The van der Waals surface area contributed by atoms with E-state index in [1.165, 1.54) is 23.7 Å². The lowest BCUT2D eigenvalue weighted by molar-refractivity contribution is 0.102. The molecule has 10 heteroatoms. The second-order valence-electron chi connectivity index (χ2n) is 6.87. The van der Waals surface area contributed by atoms with Gasteiger partial charge in [-0.25, -0.2) is 9.97 Å². The van der Waals surface area contributed by atoms with E-state index in [-0.39, 0.29) is 5.91 Å². The number of pyridine rings is 2. The normalized spacial score (nSPS) is 10.8. The number of para-hydroxylation sites is 1. The van der Waals surface area contributed by atoms with Crippen LogP contribution in [0.3, 0.4) is 0 Å². The summed E-state index contributed by atoms with van der Waals surface area (Å²) in [5.74, 6) is 0.275. The van der Waals surface area contributed by atoms with Crippen LogP contribution in [0.25, 0.3) is 32.9 Å². The molecule has 0 aliphatic heterocycles. The Hall–Kier alpha value is -3.95. The van der Waals surface area contributed by atoms with Gasteiger partial charge in [-0.1, -0.05) is 41.1 Å². The molecule has 0 aliphatic rings. The maximum absolute atomic E-state index is 13.1. The third-order valence-electron chi connectivity index (χ3n) is 4.84. The number of aromatic nitrogens is 5. The molecular formula is C23H15ClN6O2S. The lowest BCUT2D eigenvalue weighted by atomic mass is 10.0. The standard InChI is InChI=1S/C23H15ClN6O2S/c1-32-20-5-3-2-4-14(20)15-11-26-27-12-16(15)21(31)30-23-29-19-9-8-18(28-22(19)33-23)17-7-6-13(24)10-25-17/h2-12H,1H3,(H,29,30,31). The van der Waals surface area contributed by atoms with Gasteiger partial charge in [-0.2, -0.15) is 10.2 Å². The molecule has 33 heavy (non-hydrogen) atoms. The highest BCUT2D eigenvalue weighted by atomic mass is 35.5. The number of thiazole rings is 1. The van der Waals surface area contributed by atoms with Gasteiger partial charge in [-0.05, 0) is 30.3 Å². The van der Waals surface area contributed by atoms with Gasteiger partial charge in [0.15, 0.2) is 5.13 Å². The highest BCUT2D eigenvalue weighted by Gasteiger charge is 2.18. The van der Waals surface area contributed by atoms with E-state index in [1.54, 1.807) is 25.4 Å². The molecule has 0 saturated heterocycles. The maximum atomic E-state index is 13.1. The third-order valence-corrected chi connectivity index (χ3v) is 5.94. The second-order valence-corrected chi connectivity index (χ2v) is 8.29. The minimum Gasteiger partial charge on any atom is -0.496 e. The first kappa shape index (κ1) is 20.9. The summed E-state index contributed by atoms with van der Waals surface area (Å²) in [6.07, 6.45) is 4.54. The number of fused-ring (bicyclic) bond motifs is 1. The number of nitrogens with one attached hydrogen (secondary N) is 1. The van der Waals surface area contributed by atoms with Crippen LogP contribution in [0.5, 0.6) is 5.75 Å². The Balaban J connectivity index is 1.45. The number of carbonyl (C=O) groups excluding carboxylic acids is 1. The quantitative estimate of drug-likeness (QED) is 0.377. The zero-order valence-electron chi connectivity index (χ0n) is 17.2. The number of benzene rings is 1. The molecule has 1 amide bonds. The molecule has 1 aromatic carbocycles. The van der Waals surface area contributed by atoms with E-state index >= 15 is 0 Å². The van der Waals surface area contributed by atoms with Crippen LogP contribution in [0.4, 0.5) is 5.13 Å². The fourth-order valence-electron chi connectivity index (χ4n) is 3.29. The Labute approximate surface area is 197 Å². The molecule has 0 atom stereocenters. The van der Waals surface area contributed by atoms with E-state index in [2.05, 4.69) is 30.5 Å². The lowest BCUT2D eigenvalue weighted by Gasteiger charge is -2.11. The van der Waals surface area contributed by atoms with E-state index < -0.39 is 0 Å². The van der Waals surface area contributed by atoms with Gasteiger partial charge in [0, 0.05) is 17.3 Å². The molecule has 162 valence electrons. The van der Waals surface area contributed by atoms with Crippen molar-refractivity contribution in [2.75, 3.05) is 12.4 Å². The van der Waals surface area contributed by atoms with Crippen molar-refractivity contribution in [1.29, 1.82) is 0 Å². The van der Waals surface area contributed by atoms with Crippen LogP contribution in [-0.2, 0) is 0 Å². The van der Waals surface area contributed by atoms with Gasteiger partial charge in [-0.15, -0.1) is 0 Å². The summed E-state index contributed by atoms with van der Waals surface area (Å²) in [5.41, 5.74) is 3.77. The van der Waals surface area contributed by atoms with Gasteiger partial charge in [0.05, 0.1) is 41.5 Å². The van der Waals surface area contributed by atoms with Crippen molar-refractivity contribution in [2.45, 2.75) is 0 Å². The van der Waals surface area contributed by atoms with E-state index in [0.717, 1.165) is 5.56 Å². The highest BCUT2D eigenvalue weighted by Crippen LogP contribution is 2.32. The van der Waals surface area contributed by atoms with Crippen molar-refractivity contribution < 1.29 is 9.53 Å². The largest absolute Gasteiger partial charge is 0.496 e. The van der Waals surface area contributed by atoms with Gasteiger partial charge < -0.3 is 4.74 Å². The van der Waals surface area contributed by atoms with Crippen molar-refractivity contribution in [3.8, 4) is 28.3 Å². The maximum Gasteiger partial charge on any atom is 0.259 e. The smallest absolute Gasteiger partial charge is 0.259 e. The Morgan fingerprint density at radius 3 is 2.58 bits per heavy atom. The monoisotopic (exact) mass is 474 g/mol. The number of halogens is 1. The van der Waals surface area contributed by atoms with Gasteiger partial charge in [0.25, 0.3) is 5.91 Å². The topological polar surface area (TPSA) is 103 Å². The van der Waals surface area contributed by atoms with Gasteiger partial charge >= 0.3 is 0 Å². The summed E-state index contributed by atoms with van der Waals surface area (Å²) >= 11 is 7.19. The predicted octanol–water partition coefficient (Wildman–Crippen LogP) is 5.12. The van der Waals surface area contributed by atoms with Crippen LogP contribution in [0.15, 0.2) is 67.1 Å². The van der Waals surface area contributed by atoms with Crippen molar-refractivity contribution in [3.05, 3.63) is 77.7 Å². The van der Waals surface area contributed by atoms with Crippen LogP contribution in [0, 0.1) is 0 Å². The van der Waals surface area contributed by atoms with Crippen molar-refractivity contribution in [3.63, 3.8) is 0 Å². The van der Waals surface area contributed by atoms with Crippen molar-refractivity contribution in [2.24, 2.45) is 0 Å². The average molecular weight is 475 g/mol. The molecule has 0 unspecified atom stereocenters. The van der Waals surface area contributed by atoms with Crippen molar-refractivity contribution >= 4 is 44.3 Å². The number of hydrogen-bond donors (Lipinski definition) is 1. The highest BCUT2D eigenvalue weighted by molar-refractivity contribution is 7.22. The van der Waals surface area contributed by atoms with E-state index in [0.29, 0.717) is 48.8 Å². The zero-order chi connectivity index (χ0) is 22.8. The second kappa shape index (κ2) is 8.89.